The van der Waals surface area contributed by atoms with Crippen molar-refractivity contribution in [3.8, 4) is 11.5 Å². The van der Waals surface area contributed by atoms with E-state index in [0.29, 0.717) is 17.9 Å². The highest BCUT2D eigenvalue weighted by Gasteiger charge is 2.14. The summed E-state index contributed by atoms with van der Waals surface area (Å²) in [6.45, 7) is 0.519. The highest BCUT2D eigenvalue weighted by Crippen LogP contribution is 2.26. The number of H-pyrrole nitrogens is 2. The lowest BCUT2D eigenvalue weighted by Crippen LogP contribution is -2.22. The molecule has 0 saturated heterocycles. The maximum Gasteiger partial charge on any atom is 0.251 e. The van der Waals surface area contributed by atoms with Crippen molar-refractivity contribution in [3.05, 3.63) is 70.4 Å². The van der Waals surface area contributed by atoms with Gasteiger partial charge in [-0.05, 0) is 46.7 Å². The molecule has 0 atom stereocenters. The number of hydrogen-bond acceptors (Lipinski definition) is 4. The number of imidazole rings is 1. The lowest BCUT2D eigenvalue weighted by molar-refractivity contribution is 0.0951. The summed E-state index contributed by atoms with van der Waals surface area (Å²) in [4.78, 5) is 20.4. The number of nitrogens with one attached hydrogen (secondary N) is 3. The first kappa shape index (κ1) is 15.8. The Morgan fingerprint density at radius 1 is 1.11 bits per heavy atom. The summed E-state index contributed by atoms with van der Waals surface area (Å²) in [6.07, 6.45) is 0. The zero-order valence-corrected chi connectivity index (χ0v) is 15.0. The SMILES string of the molecule is O=C(NCc1ccsc1)c1ccc2[nH]c(-c3n[nH]c4ccccc34)nc2c1. The van der Waals surface area contributed by atoms with Gasteiger partial charge in [-0.25, -0.2) is 4.98 Å². The zero-order valence-electron chi connectivity index (χ0n) is 14.2. The third-order valence-corrected chi connectivity index (χ3v) is 5.21. The summed E-state index contributed by atoms with van der Waals surface area (Å²) in [5.74, 6) is 0.566. The Balaban J connectivity index is 1.45. The van der Waals surface area contributed by atoms with Crippen LogP contribution in [0.4, 0.5) is 0 Å². The molecule has 7 heteroatoms. The molecule has 0 spiro atoms. The van der Waals surface area contributed by atoms with Crippen LogP contribution in [0.1, 0.15) is 15.9 Å². The monoisotopic (exact) mass is 373 g/mol. The molecule has 0 aliphatic rings. The Morgan fingerprint density at radius 2 is 2.04 bits per heavy atom. The molecular weight excluding hydrogens is 358 g/mol. The summed E-state index contributed by atoms with van der Waals surface area (Å²) in [7, 11) is 0. The van der Waals surface area contributed by atoms with Gasteiger partial charge in [0, 0.05) is 17.5 Å². The van der Waals surface area contributed by atoms with Crippen LogP contribution < -0.4 is 5.32 Å². The van der Waals surface area contributed by atoms with Gasteiger partial charge in [0.2, 0.25) is 0 Å². The molecule has 5 aromatic rings. The average molecular weight is 373 g/mol. The number of aromatic amines is 2. The van der Waals surface area contributed by atoms with E-state index < -0.39 is 0 Å². The van der Waals surface area contributed by atoms with Crippen molar-refractivity contribution in [1.29, 1.82) is 0 Å². The predicted octanol–water partition coefficient (Wildman–Crippen LogP) is 4.10. The van der Waals surface area contributed by atoms with Gasteiger partial charge < -0.3 is 10.3 Å². The van der Waals surface area contributed by atoms with Gasteiger partial charge in [0.1, 0.15) is 5.69 Å². The van der Waals surface area contributed by atoms with E-state index in [9.17, 15) is 4.79 Å². The number of aromatic nitrogens is 4. The molecule has 6 nitrogen and oxygen atoms in total. The minimum absolute atomic E-state index is 0.113. The van der Waals surface area contributed by atoms with Crippen LogP contribution in [0.2, 0.25) is 0 Å². The smallest absolute Gasteiger partial charge is 0.251 e. The van der Waals surface area contributed by atoms with Crippen LogP contribution in [0, 0.1) is 0 Å². The highest BCUT2D eigenvalue weighted by atomic mass is 32.1. The molecule has 0 aliphatic carbocycles. The normalized spacial score (nSPS) is 11.3. The van der Waals surface area contributed by atoms with Gasteiger partial charge in [-0.15, -0.1) is 0 Å². The van der Waals surface area contributed by atoms with Crippen molar-refractivity contribution in [2.24, 2.45) is 0 Å². The number of thiophene rings is 1. The molecule has 0 unspecified atom stereocenters. The molecule has 3 heterocycles. The van der Waals surface area contributed by atoms with Gasteiger partial charge in [0.15, 0.2) is 5.82 Å². The van der Waals surface area contributed by atoms with E-state index in [4.69, 9.17) is 0 Å². The molecule has 0 aliphatic heterocycles. The molecule has 1 amide bonds. The fourth-order valence-electron chi connectivity index (χ4n) is 3.08. The number of carbonyl (C=O) groups excluding carboxylic acids is 1. The molecule has 3 N–H and O–H groups in total. The zero-order chi connectivity index (χ0) is 18.2. The van der Waals surface area contributed by atoms with E-state index in [1.54, 1.807) is 23.5 Å². The third-order valence-electron chi connectivity index (χ3n) is 4.47. The first-order valence-corrected chi connectivity index (χ1v) is 9.45. The topological polar surface area (TPSA) is 86.5 Å². The third kappa shape index (κ3) is 2.88. The largest absolute Gasteiger partial charge is 0.348 e. The number of carbonyl (C=O) groups is 1. The standard InChI is InChI=1S/C20H15N5OS/c26-20(21-10-12-7-8-27-11-12)13-5-6-16-17(9-13)23-19(22-16)18-14-3-1-2-4-15(14)24-25-18/h1-9,11H,10H2,(H,21,26)(H,22,23)(H,24,25). The summed E-state index contributed by atoms with van der Waals surface area (Å²) in [5, 5.41) is 15.4. The number of nitrogens with zero attached hydrogens (tertiary/aromatic N) is 2. The Hall–Kier alpha value is -3.45. The lowest BCUT2D eigenvalue weighted by Gasteiger charge is -2.03. The second-order valence-corrected chi connectivity index (χ2v) is 7.03. The van der Waals surface area contributed by atoms with Crippen molar-refractivity contribution in [3.63, 3.8) is 0 Å². The van der Waals surface area contributed by atoms with Crippen molar-refractivity contribution in [1.82, 2.24) is 25.5 Å². The van der Waals surface area contributed by atoms with Crippen LogP contribution >= 0.6 is 11.3 Å². The van der Waals surface area contributed by atoms with E-state index >= 15 is 0 Å². The molecule has 0 radical (unpaired) electrons. The highest BCUT2D eigenvalue weighted by molar-refractivity contribution is 7.07. The summed E-state index contributed by atoms with van der Waals surface area (Å²) < 4.78 is 0. The number of para-hydroxylation sites is 1. The van der Waals surface area contributed by atoms with Gasteiger partial charge in [0.05, 0.1) is 16.6 Å². The van der Waals surface area contributed by atoms with Crippen molar-refractivity contribution >= 4 is 39.2 Å². The van der Waals surface area contributed by atoms with Gasteiger partial charge in [0.25, 0.3) is 5.91 Å². The van der Waals surface area contributed by atoms with E-state index in [2.05, 4.69) is 25.5 Å². The molecule has 27 heavy (non-hydrogen) atoms. The number of rotatable bonds is 4. The molecule has 0 saturated carbocycles. The van der Waals surface area contributed by atoms with E-state index in [1.165, 1.54) is 0 Å². The van der Waals surface area contributed by atoms with Crippen LogP contribution in [0.5, 0.6) is 0 Å². The number of benzene rings is 2. The van der Waals surface area contributed by atoms with Crippen molar-refractivity contribution in [2.75, 3.05) is 0 Å². The molecule has 0 bridgehead atoms. The van der Waals surface area contributed by atoms with Crippen LogP contribution in [-0.2, 0) is 6.54 Å². The van der Waals surface area contributed by atoms with E-state index in [-0.39, 0.29) is 5.91 Å². The minimum Gasteiger partial charge on any atom is -0.348 e. The second-order valence-electron chi connectivity index (χ2n) is 6.25. The first-order chi connectivity index (χ1) is 13.3. The Bertz CT molecular complexity index is 1250. The fourth-order valence-corrected chi connectivity index (χ4v) is 3.75. The predicted molar refractivity (Wildman–Crippen MR) is 107 cm³/mol. The number of hydrogen-bond donors (Lipinski definition) is 3. The Morgan fingerprint density at radius 3 is 2.93 bits per heavy atom. The molecule has 5 rings (SSSR count). The molecule has 3 aromatic heterocycles. The van der Waals surface area contributed by atoms with Gasteiger partial charge in [-0.1, -0.05) is 18.2 Å². The van der Waals surface area contributed by atoms with Gasteiger partial charge >= 0.3 is 0 Å². The van der Waals surface area contributed by atoms with Gasteiger partial charge in [-0.3, -0.25) is 9.89 Å². The summed E-state index contributed by atoms with van der Waals surface area (Å²) >= 11 is 1.62. The molecule has 132 valence electrons. The van der Waals surface area contributed by atoms with E-state index in [1.807, 2.05) is 47.2 Å². The second kappa shape index (κ2) is 6.37. The quantitative estimate of drug-likeness (QED) is 0.443. The van der Waals surface area contributed by atoms with Crippen molar-refractivity contribution in [2.45, 2.75) is 6.54 Å². The number of fused-ring (bicyclic) bond motifs is 2. The Labute approximate surface area is 158 Å². The van der Waals surface area contributed by atoms with Crippen molar-refractivity contribution < 1.29 is 4.79 Å². The van der Waals surface area contributed by atoms with Crippen LogP contribution in [0.15, 0.2) is 59.3 Å². The molecule has 2 aromatic carbocycles. The summed E-state index contributed by atoms with van der Waals surface area (Å²) in [6, 6.07) is 15.4. The lowest BCUT2D eigenvalue weighted by atomic mass is 10.2. The fraction of sp³-hybridized carbons (Fsp3) is 0.0500. The first-order valence-electron chi connectivity index (χ1n) is 8.50. The molecule has 0 fully saturated rings. The van der Waals surface area contributed by atoms with Crippen LogP contribution in [0.3, 0.4) is 0 Å². The number of amides is 1. The van der Waals surface area contributed by atoms with Crippen LogP contribution in [0.25, 0.3) is 33.5 Å². The Kier molecular flexibility index (Phi) is 3.72. The minimum atomic E-state index is -0.113. The molecular formula is C20H15N5OS. The average Bonchev–Trinajstić information content (AvgIpc) is 3.43. The summed E-state index contributed by atoms with van der Waals surface area (Å²) in [5.41, 5.74) is 5.02. The van der Waals surface area contributed by atoms with Crippen LogP contribution in [-0.4, -0.2) is 26.1 Å². The maximum atomic E-state index is 12.4. The maximum absolute atomic E-state index is 12.4. The van der Waals surface area contributed by atoms with E-state index in [0.717, 1.165) is 33.2 Å². The van der Waals surface area contributed by atoms with Gasteiger partial charge in [-0.2, -0.15) is 16.4 Å².